The van der Waals surface area contributed by atoms with E-state index in [0.29, 0.717) is 13.2 Å². The van der Waals surface area contributed by atoms with Crippen molar-refractivity contribution in [3.8, 4) is 5.75 Å². The SMILES string of the molecule is CCOc1ccc(NC(=O)N(Cc2cccc(C)n2)C2CCN(Cc3ccccc3)CC2)cc1. The van der Waals surface area contributed by atoms with Crippen LogP contribution in [0.3, 0.4) is 0 Å². The lowest BCUT2D eigenvalue weighted by atomic mass is 10.0. The molecule has 1 aromatic heterocycles. The van der Waals surface area contributed by atoms with Crippen molar-refractivity contribution < 1.29 is 9.53 Å². The van der Waals surface area contributed by atoms with Crippen LogP contribution in [0.5, 0.6) is 5.75 Å². The molecule has 0 atom stereocenters. The fraction of sp³-hybridized carbons (Fsp3) is 0.357. The number of urea groups is 1. The van der Waals surface area contributed by atoms with E-state index in [0.717, 1.165) is 55.3 Å². The van der Waals surface area contributed by atoms with Crippen LogP contribution < -0.4 is 10.1 Å². The standard InChI is InChI=1S/C28H34N4O2/c1-3-34-27-14-12-24(13-15-27)30-28(33)32(21-25-11-7-8-22(2)29-25)26-16-18-31(19-17-26)20-23-9-5-4-6-10-23/h4-15,26H,3,16-21H2,1-2H3,(H,30,33). The molecule has 0 saturated carbocycles. The highest BCUT2D eigenvalue weighted by molar-refractivity contribution is 5.89. The van der Waals surface area contributed by atoms with Crippen molar-refractivity contribution in [2.24, 2.45) is 0 Å². The largest absolute Gasteiger partial charge is 0.494 e. The van der Waals surface area contributed by atoms with Crippen LogP contribution in [0.1, 0.15) is 36.7 Å². The minimum Gasteiger partial charge on any atom is -0.494 e. The van der Waals surface area contributed by atoms with Crippen LogP contribution in [-0.2, 0) is 13.1 Å². The Bertz CT molecular complexity index is 1050. The summed E-state index contributed by atoms with van der Waals surface area (Å²) in [5, 5.41) is 3.08. The molecule has 3 aromatic rings. The Hall–Kier alpha value is -3.38. The molecular formula is C28H34N4O2. The number of hydrogen-bond donors (Lipinski definition) is 1. The fourth-order valence-electron chi connectivity index (χ4n) is 4.46. The monoisotopic (exact) mass is 458 g/mol. The molecule has 1 aliphatic heterocycles. The number of carbonyl (C=O) groups excluding carboxylic acids is 1. The van der Waals surface area contributed by atoms with Gasteiger partial charge in [0.05, 0.1) is 18.8 Å². The summed E-state index contributed by atoms with van der Waals surface area (Å²) < 4.78 is 5.52. The van der Waals surface area contributed by atoms with E-state index >= 15 is 0 Å². The Morgan fingerprint density at radius 1 is 1.03 bits per heavy atom. The predicted octanol–water partition coefficient (Wildman–Crippen LogP) is 5.49. The number of amides is 2. The number of rotatable bonds is 8. The molecule has 1 N–H and O–H groups in total. The van der Waals surface area contributed by atoms with Gasteiger partial charge in [0.25, 0.3) is 0 Å². The molecule has 0 spiro atoms. The fourth-order valence-corrected chi connectivity index (χ4v) is 4.46. The summed E-state index contributed by atoms with van der Waals surface area (Å²) in [6, 6.07) is 24.2. The van der Waals surface area contributed by atoms with E-state index in [1.807, 2.05) is 61.2 Å². The summed E-state index contributed by atoms with van der Waals surface area (Å²) in [4.78, 5) is 22.5. The van der Waals surface area contributed by atoms with Gasteiger partial charge in [-0.05, 0) is 68.7 Å². The van der Waals surface area contributed by atoms with Gasteiger partial charge in [-0.15, -0.1) is 0 Å². The summed E-state index contributed by atoms with van der Waals surface area (Å²) in [6.07, 6.45) is 1.88. The van der Waals surface area contributed by atoms with Gasteiger partial charge < -0.3 is 15.0 Å². The minimum atomic E-state index is -0.0889. The van der Waals surface area contributed by atoms with Crippen LogP contribution in [0.15, 0.2) is 72.8 Å². The quantitative estimate of drug-likeness (QED) is 0.485. The minimum absolute atomic E-state index is 0.0889. The third-order valence-corrected chi connectivity index (χ3v) is 6.20. The third kappa shape index (κ3) is 6.58. The summed E-state index contributed by atoms with van der Waals surface area (Å²) >= 11 is 0. The second-order valence-corrected chi connectivity index (χ2v) is 8.78. The molecule has 6 heteroatoms. The number of anilines is 1. The Morgan fingerprint density at radius 3 is 2.44 bits per heavy atom. The highest BCUT2D eigenvalue weighted by Gasteiger charge is 2.28. The number of benzene rings is 2. The van der Waals surface area contributed by atoms with Gasteiger partial charge in [0.2, 0.25) is 0 Å². The topological polar surface area (TPSA) is 57.7 Å². The lowest BCUT2D eigenvalue weighted by molar-refractivity contribution is 0.119. The molecule has 1 fully saturated rings. The number of carbonyl (C=O) groups is 1. The number of likely N-dealkylation sites (tertiary alicyclic amines) is 1. The third-order valence-electron chi connectivity index (χ3n) is 6.20. The maximum absolute atomic E-state index is 13.4. The first-order valence-electron chi connectivity index (χ1n) is 12.1. The number of aromatic nitrogens is 1. The van der Waals surface area contributed by atoms with Crippen molar-refractivity contribution in [3.63, 3.8) is 0 Å². The number of hydrogen-bond acceptors (Lipinski definition) is 4. The molecule has 2 aromatic carbocycles. The Kier molecular flexibility index (Phi) is 8.15. The smallest absolute Gasteiger partial charge is 0.322 e. The van der Waals surface area contributed by atoms with Crippen molar-refractivity contribution >= 4 is 11.7 Å². The predicted molar refractivity (Wildman–Crippen MR) is 136 cm³/mol. The number of aryl methyl sites for hydroxylation is 1. The molecule has 34 heavy (non-hydrogen) atoms. The van der Waals surface area contributed by atoms with Gasteiger partial charge in [0.15, 0.2) is 0 Å². The number of nitrogens with one attached hydrogen (secondary N) is 1. The van der Waals surface area contributed by atoms with E-state index < -0.39 is 0 Å². The summed E-state index contributed by atoms with van der Waals surface area (Å²) in [5.74, 6) is 0.798. The molecule has 0 radical (unpaired) electrons. The van der Waals surface area contributed by atoms with Gasteiger partial charge >= 0.3 is 6.03 Å². The number of ether oxygens (including phenoxy) is 1. The molecule has 1 aliphatic rings. The van der Waals surface area contributed by atoms with E-state index in [1.54, 1.807) is 0 Å². The van der Waals surface area contributed by atoms with Gasteiger partial charge in [0.1, 0.15) is 5.75 Å². The van der Waals surface area contributed by atoms with E-state index in [9.17, 15) is 4.79 Å². The lowest BCUT2D eigenvalue weighted by Gasteiger charge is -2.38. The molecule has 4 rings (SSSR count). The second-order valence-electron chi connectivity index (χ2n) is 8.78. The molecular weight excluding hydrogens is 424 g/mol. The molecule has 0 aliphatic carbocycles. The van der Waals surface area contributed by atoms with E-state index in [2.05, 4.69) is 45.5 Å². The molecule has 178 valence electrons. The van der Waals surface area contributed by atoms with E-state index in [1.165, 1.54) is 5.56 Å². The first kappa shape index (κ1) is 23.8. The molecule has 2 amide bonds. The summed E-state index contributed by atoms with van der Waals surface area (Å²) in [7, 11) is 0. The average molecular weight is 459 g/mol. The molecule has 1 saturated heterocycles. The maximum atomic E-state index is 13.4. The van der Waals surface area contributed by atoms with Crippen molar-refractivity contribution in [3.05, 3.63) is 89.7 Å². The normalized spacial score (nSPS) is 14.5. The van der Waals surface area contributed by atoms with Crippen LogP contribution >= 0.6 is 0 Å². The zero-order chi connectivity index (χ0) is 23.8. The number of pyridine rings is 1. The molecule has 6 nitrogen and oxygen atoms in total. The van der Waals surface area contributed by atoms with E-state index in [-0.39, 0.29) is 12.1 Å². The summed E-state index contributed by atoms with van der Waals surface area (Å²) in [5.41, 5.74) is 3.96. The number of nitrogens with zero attached hydrogens (tertiary/aromatic N) is 3. The second kappa shape index (κ2) is 11.7. The van der Waals surface area contributed by atoms with Crippen LogP contribution in [0.25, 0.3) is 0 Å². The van der Waals surface area contributed by atoms with Crippen molar-refractivity contribution in [1.29, 1.82) is 0 Å². The van der Waals surface area contributed by atoms with Crippen molar-refractivity contribution in [2.45, 2.75) is 45.8 Å². The molecule has 0 bridgehead atoms. The average Bonchev–Trinajstić information content (AvgIpc) is 2.85. The van der Waals surface area contributed by atoms with Crippen molar-refractivity contribution in [1.82, 2.24) is 14.8 Å². The number of piperidine rings is 1. The van der Waals surface area contributed by atoms with Crippen LogP contribution in [0.2, 0.25) is 0 Å². The van der Waals surface area contributed by atoms with Gasteiger partial charge in [-0.3, -0.25) is 9.88 Å². The first-order chi connectivity index (χ1) is 16.6. The Labute approximate surface area is 202 Å². The van der Waals surface area contributed by atoms with Gasteiger partial charge in [-0.1, -0.05) is 36.4 Å². The summed E-state index contributed by atoms with van der Waals surface area (Å²) in [6.45, 7) is 7.93. The van der Waals surface area contributed by atoms with E-state index in [4.69, 9.17) is 4.74 Å². The molecule has 0 unspecified atom stereocenters. The van der Waals surface area contributed by atoms with Gasteiger partial charge in [-0.25, -0.2) is 4.79 Å². The first-order valence-corrected chi connectivity index (χ1v) is 12.1. The lowest BCUT2D eigenvalue weighted by Crippen LogP contribution is -2.48. The zero-order valence-corrected chi connectivity index (χ0v) is 20.1. The Balaban J connectivity index is 1.43. The molecule has 2 heterocycles. The van der Waals surface area contributed by atoms with Crippen LogP contribution in [0, 0.1) is 6.92 Å². The Morgan fingerprint density at radius 2 is 1.76 bits per heavy atom. The van der Waals surface area contributed by atoms with Crippen molar-refractivity contribution in [2.75, 3.05) is 25.0 Å². The maximum Gasteiger partial charge on any atom is 0.322 e. The van der Waals surface area contributed by atoms with Gasteiger partial charge in [0, 0.05) is 37.1 Å². The highest BCUT2D eigenvalue weighted by Crippen LogP contribution is 2.22. The highest BCUT2D eigenvalue weighted by atomic mass is 16.5. The van der Waals surface area contributed by atoms with Crippen LogP contribution in [-0.4, -0.2) is 46.6 Å². The van der Waals surface area contributed by atoms with Crippen LogP contribution in [0.4, 0.5) is 10.5 Å². The van der Waals surface area contributed by atoms with Gasteiger partial charge in [-0.2, -0.15) is 0 Å². The zero-order valence-electron chi connectivity index (χ0n) is 20.1.